The van der Waals surface area contributed by atoms with Crippen LogP contribution >= 0.6 is 11.6 Å². The second-order valence-corrected chi connectivity index (χ2v) is 6.63. The van der Waals surface area contributed by atoms with Gasteiger partial charge in [-0.05, 0) is 24.3 Å². The Labute approximate surface area is 178 Å². The van der Waals surface area contributed by atoms with E-state index in [0.717, 1.165) is 0 Å². The average Bonchev–Trinajstić information content (AvgIpc) is 2.70. The Hall–Kier alpha value is -3.30. The molecular formula is C20H23ClN4O5. The molecule has 0 aliphatic carbocycles. The molecule has 9 nitrogen and oxygen atoms in total. The van der Waals surface area contributed by atoms with Crippen LogP contribution in [0.4, 0.5) is 0 Å². The zero-order valence-corrected chi connectivity index (χ0v) is 17.1. The van der Waals surface area contributed by atoms with Gasteiger partial charge in [0.15, 0.2) is 6.61 Å². The summed E-state index contributed by atoms with van der Waals surface area (Å²) < 4.78 is 15.8. The maximum atomic E-state index is 12.6. The molecule has 6 N–H and O–H groups in total. The van der Waals surface area contributed by atoms with E-state index in [1.165, 1.54) is 12.1 Å². The van der Waals surface area contributed by atoms with Crippen LogP contribution in [0.25, 0.3) is 0 Å². The number of nitrogens with one attached hydrogen (secondary N) is 2. The van der Waals surface area contributed by atoms with Crippen LogP contribution in [-0.4, -0.2) is 44.6 Å². The number of amidine groups is 1. The fourth-order valence-corrected chi connectivity index (χ4v) is 2.67. The van der Waals surface area contributed by atoms with E-state index < -0.39 is 5.91 Å². The number of carbonyl (C=O) groups is 2. The molecule has 0 saturated heterocycles. The number of rotatable bonds is 11. The van der Waals surface area contributed by atoms with Crippen LogP contribution in [-0.2, 0) is 16.1 Å². The van der Waals surface area contributed by atoms with Crippen LogP contribution in [0.2, 0.25) is 5.02 Å². The summed E-state index contributed by atoms with van der Waals surface area (Å²) in [7, 11) is 1.56. The third-order valence-electron chi connectivity index (χ3n) is 3.88. The van der Waals surface area contributed by atoms with Crippen molar-refractivity contribution < 1.29 is 23.8 Å². The SMILES string of the molecule is COCCOc1cc(Cl)cc(C(=O)NCc2ccc(C(=N)N)cc2OCC(N)=O)c1. The van der Waals surface area contributed by atoms with Crippen LogP contribution in [0.5, 0.6) is 11.5 Å². The van der Waals surface area contributed by atoms with Crippen LogP contribution in [0, 0.1) is 5.41 Å². The quantitative estimate of drug-likeness (QED) is 0.239. The Morgan fingerprint density at radius 2 is 1.83 bits per heavy atom. The van der Waals surface area contributed by atoms with Crippen LogP contribution < -0.4 is 26.3 Å². The van der Waals surface area contributed by atoms with Crippen molar-refractivity contribution in [2.75, 3.05) is 26.9 Å². The first kappa shape index (κ1) is 23.0. The summed E-state index contributed by atoms with van der Waals surface area (Å²) in [5, 5.41) is 10.6. The first-order valence-corrected chi connectivity index (χ1v) is 9.27. The summed E-state index contributed by atoms with van der Waals surface area (Å²) in [6.45, 7) is 0.468. The highest BCUT2D eigenvalue weighted by Gasteiger charge is 2.13. The molecule has 0 spiro atoms. The number of benzene rings is 2. The Bertz CT molecular complexity index is 935. The largest absolute Gasteiger partial charge is 0.491 e. The minimum atomic E-state index is -0.654. The molecule has 2 aromatic rings. The minimum absolute atomic E-state index is 0.0947. The molecule has 0 atom stereocenters. The number of nitrogens with two attached hydrogens (primary N) is 2. The molecule has 2 aromatic carbocycles. The number of halogens is 1. The van der Waals surface area contributed by atoms with E-state index in [2.05, 4.69) is 5.32 Å². The number of nitrogen functional groups attached to an aromatic ring is 1. The number of methoxy groups -OCH3 is 1. The summed E-state index contributed by atoms with van der Waals surface area (Å²) in [6.07, 6.45) is 0. The second kappa shape index (κ2) is 11.0. The third kappa shape index (κ3) is 6.94. The average molecular weight is 435 g/mol. The highest BCUT2D eigenvalue weighted by Crippen LogP contribution is 2.23. The smallest absolute Gasteiger partial charge is 0.255 e. The number of amides is 2. The van der Waals surface area contributed by atoms with E-state index in [0.29, 0.717) is 40.7 Å². The first-order chi connectivity index (χ1) is 14.3. The molecule has 0 aliphatic heterocycles. The van der Waals surface area contributed by atoms with Crippen molar-refractivity contribution in [1.29, 1.82) is 5.41 Å². The highest BCUT2D eigenvalue weighted by molar-refractivity contribution is 6.31. The lowest BCUT2D eigenvalue weighted by molar-refractivity contribution is -0.119. The molecule has 0 heterocycles. The summed E-state index contributed by atoms with van der Waals surface area (Å²) in [5.41, 5.74) is 11.9. The van der Waals surface area contributed by atoms with E-state index in [-0.39, 0.29) is 30.6 Å². The molecule has 0 radical (unpaired) electrons. The van der Waals surface area contributed by atoms with E-state index in [9.17, 15) is 9.59 Å². The van der Waals surface area contributed by atoms with Crippen molar-refractivity contribution in [2.24, 2.45) is 11.5 Å². The topological polar surface area (TPSA) is 150 Å². The normalized spacial score (nSPS) is 10.3. The molecule has 160 valence electrons. The van der Waals surface area contributed by atoms with Crippen molar-refractivity contribution in [3.05, 3.63) is 58.1 Å². The van der Waals surface area contributed by atoms with Crippen molar-refractivity contribution in [3.63, 3.8) is 0 Å². The number of carbonyl (C=O) groups excluding carboxylic acids is 2. The van der Waals surface area contributed by atoms with Gasteiger partial charge in [0.1, 0.15) is 23.9 Å². The lowest BCUT2D eigenvalue weighted by Crippen LogP contribution is -2.24. The summed E-state index contributed by atoms with van der Waals surface area (Å²) in [5.74, 6) is -0.462. The van der Waals surface area contributed by atoms with Gasteiger partial charge in [0, 0.05) is 35.4 Å². The third-order valence-corrected chi connectivity index (χ3v) is 4.10. The summed E-state index contributed by atoms with van der Waals surface area (Å²) in [4.78, 5) is 23.6. The number of ether oxygens (including phenoxy) is 3. The Balaban J connectivity index is 2.13. The van der Waals surface area contributed by atoms with Crippen molar-refractivity contribution >= 4 is 29.3 Å². The molecule has 0 unspecified atom stereocenters. The van der Waals surface area contributed by atoms with Gasteiger partial charge in [-0.3, -0.25) is 15.0 Å². The van der Waals surface area contributed by atoms with Crippen LogP contribution in [0.15, 0.2) is 36.4 Å². The Morgan fingerprint density at radius 3 is 2.50 bits per heavy atom. The number of primary amides is 1. The molecule has 0 aliphatic rings. The van der Waals surface area contributed by atoms with Gasteiger partial charge in [-0.2, -0.15) is 0 Å². The molecule has 0 bridgehead atoms. The van der Waals surface area contributed by atoms with Crippen LogP contribution in [0.1, 0.15) is 21.5 Å². The maximum Gasteiger partial charge on any atom is 0.255 e. The van der Waals surface area contributed by atoms with Crippen LogP contribution in [0.3, 0.4) is 0 Å². The van der Waals surface area contributed by atoms with Gasteiger partial charge >= 0.3 is 0 Å². The maximum absolute atomic E-state index is 12.6. The molecule has 30 heavy (non-hydrogen) atoms. The molecule has 10 heteroatoms. The monoisotopic (exact) mass is 434 g/mol. The van der Waals surface area contributed by atoms with E-state index in [1.807, 2.05) is 0 Å². The first-order valence-electron chi connectivity index (χ1n) is 8.89. The lowest BCUT2D eigenvalue weighted by Gasteiger charge is -2.13. The standard InChI is InChI=1S/C20H23ClN4O5/c1-28-4-5-29-16-7-14(6-15(21)9-16)20(27)25-10-13-3-2-12(19(23)24)8-17(13)30-11-18(22)26/h2-3,6-9H,4-5,10-11H2,1H3,(H2,22,26)(H3,23,24)(H,25,27). The summed E-state index contributed by atoms with van der Waals surface area (Å²) in [6, 6.07) is 9.45. The number of hydrogen-bond donors (Lipinski definition) is 4. The fraction of sp³-hybridized carbons (Fsp3) is 0.250. The Morgan fingerprint density at radius 1 is 1.07 bits per heavy atom. The second-order valence-electron chi connectivity index (χ2n) is 6.19. The van der Waals surface area contributed by atoms with E-state index in [4.69, 9.17) is 42.7 Å². The molecule has 0 saturated carbocycles. The van der Waals surface area contributed by atoms with Crippen molar-refractivity contribution in [2.45, 2.75) is 6.54 Å². The molecule has 0 aromatic heterocycles. The van der Waals surface area contributed by atoms with Gasteiger partial charge in [-0.25, -0.2) is 0 Å². The summed E-state index contributed by atoms with van der Waals surface area (Å²) >= 11 is 6.08. The highest BCUT2D eigenvalue weighted by atomic mass is 35.5. The predicted molar refractivity (Wildman–Crippen MR) is 112 cm³/mol. The zero-order valence-electron chi connectivity index (χ0n) is 16.4. The molecule has 2 rings (SSSR count). The van der Waals surface area contributed by atoms with E-state index in [1.54, 1.807) is 31.4 Å². The van der Waals surface area contributed by atoms with Gasteiger partial charge in [0.05, 0.1) is 6.61 Å². The number of hydrogen-bond acceptors (Lipinski definition) is 6. The van der Waals surface area contributed by atoms with Gasteiger partial charge in [-0.1, -0.05) is 23.7 Å². The van der Waals surface area contributed by atoms with Crippen molar-refractivity contribution in [3.8, 4) is 11.5 Å². The van der Waals surface area contributed by atoms with E-state index >= 15 is 0 Å². The van der Waals surface area contributed by atoms with Crippen molar-refractivity contribution in [1.82, 2.24) is 5.32 Å². The zero-order chi connectivity index (χ0) is 22.1. The minimum Gasteiger partial charge on any atom is -0.491 e. The predicted octanol–water partition coefficient (Wildman–Crippen LogP) is 1.44. The fourth-order valence-electron chi connectivity index (χ4n) is 2.45. The molecule has 0 fully saturated rings. The Kier molecular flexibility index (Phi) is 8.45. The van der Waals surface area contributed by atoms with Gasteiger partial charge in [0.2, 0.25) is 0 Å². The lowest BCUT2D eigenvalue weighted by atomic mass is 10.1. The molecule has 2 amide bonds. The van der Waals surface area contributed by atoms with Gasteiger partial charge < -0.3 is 31.0 Å². The van der Waals surface area contributed by atoms with Gasteiger partial charge in [-0.15, -0.1) is 0 Å². The molecular weight excluding hydrogens is 412 g/mol. The van der Waals surface area contributed by atoms with Gasteiger partial charge in [0.25, 0.3) is 11.8 Å².